The van der Waals surface area contributed by atoms with Gasteiger partial charge in [0.25, 0.3) is 0 Å². The van der Waals surface area contributed by atoms with Crippen molar-refractivity contribution in [2.75, 3.05) is 6.86 Å². The van der Waals surface area contributed by atoms with E-state index in [1.54, 1.807) is 18.2 Å². The van der Waals surface area contributed by atoms with E-state index in [4.69, 9.17) is 21.1 Å². The molecule has 2 saturated heterocycles. The predicted octanol–water partition coefficient (Wildman–Crippen LogP) is 3.31. The standard InChI is InChI=1S/C14H17ClFNO2/c15-9-3-12(18-8-16)7-13(4-9)19-14-5-10-1-2-11(6-14)17-10/h3-4,7,10-11,14,17H,1-2,5-6,8H2/t10-,11+,14?. The van der Waals surface area contributed by atoms with Crippen molar-refractivity contribution in [2.45, 2.75) is 43.9 Å². The zero-order valence-electron chi connectivity index (χ0n) is 10.6. The van der Waals surface area contributed by atoms with Gasteiger partial charge in [0.1, 0.15) is 17.6 Å². The summed E-state index contributed by atoms with van der Waals surface area (Å²) < 4.78 is 23.0. The van der Waals surface area contributed by atoms with E-state index in [9.17, 15) is 4.39 Å². The fourth-order valence-electron chi connectivity index (χ4n) is 3.05. The first-order valence-electron chi connectivity index (χ1n) is 6.65. The lowest BCUT2D eigenvalue weighted by molar-refractivity contribution is 0.136. The first kappa shape index (κ1) is 13.0. The van der Waals surface area contributed by atoms with Gasteiger partial charge >= 0.3 is 0 Å². The average Bonchev–Trinajstić information content (AvgIpc) is 2.68. The highest BCUT2D eigenvalue weighted by molar-refractivity contribution is 6.30. The minimum Gasteiger partial charge on any atom is -0.490 e. The molecular weight excluding hydrogens is 269 g/mol. The zero-order chi connectivity index (χ0) is 13.2. The highest BCUT2D eigenvalue weighted by Gasteiger charge is 2.34. The lowest BCUT2D eigenvalue weighted by Gasteiger charge is -2.29. The van der Waals surface area contributed by atoms with Crippen LogP contribution in [0.3, 0.4) is 0 Å². The number of benzene rings is 1. The number of halogens is 2. The molecule has 0 amide bonds. The van der Waals surface area contributed by atoms with Gasteiger partial charge in [-0.2, -0.15) is 0 Å². The average molecular weight is 286 g/mol. The summed E-state index contributed by atoms with van der Waals surface area (Å²) in [6, 6.07) is 6.17. The van der Waals surface area contributed by atoms with Gasteiger partial charge in [0.05, 0.1) is 0 Å². The Hall–Kier alpha value is -1.00. The molecule has 19 heavy (non-hydrogen) atoms. The fourth-order valence-corrected chi connectivity index (χ4v) is 3.26. The summed E-state index contributed by atoms with van der Waals surface area (Å²) in [4.78, 5) is 0. The van der Waals surface area contributed by atoms with Gasteiger partial charge in [-0.3, -0.25) is 0 Å². The number of ether oxygens (including phenoxy) is 2. The van der Waals surface area contributed by atoms with Gasteiger partial charge in [-0.25, -0.2) is 4.39 Å². The smallest absolute Gasteiger partial charge is 0.228 e. The van der Waals surface area contributed by atoms with Crippen molar-refractivity contribution in [1.82, 2.24) is 5.32 Å². The summed E-state index contributed by atoms with van der Waals surface area (Å²) in [5.74, 6) is 1.06. The van der Waals surface area contributed by atoms with Crippen LogP contribution in [0, 0.1) is 0 Å². The van der Waals surface area contributed by atoms with Crippen LogP contribution in [-0.2, 0) is 0 Å². The molecule has 104 valence electrons. The number of hydrogen-bond donors (Lipinski definition) is 1. The normalized spacial score (nSPS) is 29.3. The van der Waals surface area contributed by atoms with E-state index in [2.05, 4.69) is 5.32 Å². The Balaban J connectivity index is 1.68. The van der Waals surface area contributed by atoms with Crippen molar-refractivity contribution < 1.29 is 13.9 Å². The van der Waals surface area contributed by atoms with Crippen molar-refractivity contribution in [3.8, 4) is 11.5 Å². The summed E-state index contributed by atoms with van der Waals surface area (Å²) >= 11 is 5.98. The molecule has 0 spiro atoms. The maximum Gasteiger partial charge on any atom is 0.228 e. The van der Waals surface area contributed by atoms with E-state index in [0.717, 1.165) is 12.8 Å². The Morgan fingerprint density at radius 3 is 2.53 bits per heavy atom. The molecule has 3 rings (SSSR count). The Morgan fingerprint density at radius 1 is 1.16 bits per heavy atom. The Morgan fingerprint density at radius 2 is 1.84 bits per heavy atom. The second-order valence-electron chi connectivity index (χ2n) is 5.23. The molecule has 2 heterocycles. The monoisotopic (exact) mass is 285 g/mol. The van der Waals surface area contributed by atoms with Crippen LogP contribution >= 0.6 is 11.6 Å². The summed E-state index contributed by atoms with van der Waals surface area (Å²) in [5, 5.41) is 4.07. The number of rotatable bonds is 4. The predicted molar refractivity (Wildman–Crippen MR) is 71.7 cm³/mol. The van der Waals surface area contributed by atoms with Crippen LogP contribution in [0.4, 0.5) is 4.39 Å². The molecule has 2 aliphatic heterocycles. The van der Waals surface area contributed by atoms with Gasteiger partial charge in [-0.15, -0.1) is 0 Å². The van der Waals surface area contributed by atoms with Crippen molar-refractivity contribution in [3.05, 3.63) is 23.2 Å². The molecule has 3 atom stereocenters. The minimum atomic E-state index is -0.864. The Kier molecular flexibility index (Phi) is 3.80. The first-order valence-corrected chi connectivity index (χ1v) is 7.03. The second-order valence-corrected chi connectivity index (χ2v) is 5.66. The SMILES string of the molecule is FCOc1cc(Cl)cc(OC2C[C@H]3CC[C@@H](C2)N3)c1. The van der Waals surface area contributed by atoms with Crippen LogP contribution in [0.25, 0.3) is 0 Å². The summed E-state index contributed by atoms with van der Waals surface area (Å²) in [5.41, 5.74) is 0. The number of nitrogens with one attached hydrogen (secondary N) is 1. The van der Waals surface area contributed by atoms with Crippen molar-refractivity contribution in [2.24, 2.45) is 0 Å². The van der Waals surface area contributed by atoms with Crippen molar-refractivity contribution in [3.63, 3.8) is 0 Å². The van der Waals surface area contributed by atoms with E-state index >= 15 is 0 Å². The molecule has 5 heteroatoms. The number of piperidine rings is 1. The third-order valence-corrected chi connectivity index (χ3v) is 4.02. The fraction of sp³-hybridized carbons (Fsp3) is 0.571. The molecule has 1 N–H and O–H groups in total. The maximum absolute atomic E-state index is 12.2. The Bertz CT molecular complexity index is 445. The van der Waals surface area contributed by atoms with Crippen LogP contribution in [-0.4, -0.2) is 25.0 Å². The third kappa shape index (κ3) is 3.12. The van der Waals surface area contributed by atoms with Gasteiger partial charge in [0.2, 0.25) is 6.86 Å². The van der Waals surface area contributed by atoms with Crippen LogP contribution < -0.4 is 14.8 Å². The molecule has 2 aliphatic rings. The maximum atomic E-state index is 12.2. The number of alkyl halides is 1. The summed E-state index contributed by atoms with van der Waals surface area (Å²) in [6.45, 7) is -0.864. The molecule has 1 aromatic carbocycles. The highest BCUT2D eigenvalue weighted by Crippen LogP contribution is 2.32. The van der Waals surface area contributed by atoms with E-state index < -0.39 is 6.86 Å². The minimum absolute atomic E-state index is 0.204. The molecule has 0 aromatic heterocycles. The van der Waals surface area contributed by atoms with Crippen molar-refractivity contribution >= 4 is 11.6 Å². The van der Waals surface area contributed by atoms with E-state index in [0.29, 0.717) is 28.6 Å². The molecular formula is C14H17ClFNO2. The molecule has 1 aromatic rings. The molecule has 2 fully saturated rings. The van der Waals surface area contributed by atoms with E-state index in [1.807, 2.05) is 0 Å². The number of fused-ring (bicyclic) bond motifs is 2. The second kappa shape index (κ2) is 5.55. The number of hydrogen-bond acceptors (Lipinski definition) is 3. The Labute approximate surface area is 117 Å². The van der Waals surface area contributed by atoms with E-state index in [-0.39, 0.29) is 6.10 Å². The van der Waals surface area contributed by atoms with Crippen LogP contribution in [0.15, 0.2) is 18.2 Å². The highest BCUT2D eigenvalue weighted by atomic mass is 35.5. The largest absolute Gasteiger partial charge is 0.490 e. The quantitative estimate of drug-likeness (QED) is 0.921. The third-order valence-electron chi connectivity index (χ3n) is 3.80. The molecule has 0 aliphatic carbocycles. The van der Waals surface area contributed by atoms with Crippen LogP contribution in [0.5, 0.6) is 11.5 Å². The van der Waals surface area contributed by atoms with Crippen LogP contribution in [0.1, 0.15) is 25.7 Å². The van der Waals surface area contributed by atoms with E-state index in [1.165, 1.54) is 12.8 Å². The van der Waals surface area contributed by atoms with Gasteiger partial charge in [0.15, 0.2) is 0 Å². The van der Waals surface area contributed by atoms with Gasteiger partial charge in [-0.1, -0.05) is 11.6 Å². The zero-order valence-corrected chi connectivity index (χ0v) is 11.3. The van der Waals surface area contributed by atoms with Gasteiger partial charge < -0.3 is 14.8 Å². The molecule has 3 nitrogen and oxygen atoms in total. The van der Waals surface area contributed by atoms with Gasteiger partial charge in [0, 0.05) is 23.2 Å². The summed E-state index contributed by atoms with van der Waals surface area (Å²) in [6.07, 6.45) is 4.70. The molecule has 0 radical (unpaired) electrons. The molecule has 0 saturated carbocycles. The van der Waals surface area contributed by atoms with Crippen LogP contribution in [0.2, 0.25) is 5.02 Å². The lowest BCUT2D eigenvalue weighted by Crippen LogP contribution is -2.42. The molecule has 2 bridgehead atoms. The lowest BCUT2D eigenvalue weighted by atomic mass is 10.0. The topological polar surface area (TPSA) is 30.5 Å². The summed E-state index contributed by atoms with van der Waals surface area (Å²) in [7, 11) is 0. The molecule has 1 unspecified atom stereocenters. The first-order chi connectivity index (χ1) is 9.22. The van der Waals surface area contributed by atoms with Crippen molar-refractivity contribution in [1.29, 1.82) is 0 Å². The van der Waals surface area contributed by atoms with Gasteiger partial charge in [-0.05, 0) is 37.8 Å².